The molecule has 18 heavy (non-hydrogen) atoms. The Kier molecular flexibility index (Phi) is 3.61. The molecule has 1 atom stereocenters. The third-order valence-corrected chi connectivity index (χ3v) is 4.36. The average molecular weight is 249 g/mol. The van der Waals surface area contributed by atoms with Crippen LogP contribution in [-0.2, 0) is 6.54 Å². The number of nitrogens with zero attached hydrogens (tertiary/aromatic N) is 4. The van der Waals surface area contributed by atoms with Crippen molar-refractivity contribution in [3.05, 3.63) is 12.2 Å². The van der Waals surface area contributed by atoms with E-state index in [9.17, 15) is 0 Å². The van der Waals surface area contributed by atoms with E-state index in [0.29, 0.717) is 6.04 Å². The van der Waals surface area contributed by atoms with Gasteiger partial charge in [-0.25, -0.2) is 0 Å². The summed E-state index contributed by atoms with van der Waals surface area (Å²) in [5, 5.41) is 11.9. The zero-order chi connectivity index (χ0) is 12.4. The van der Waals surface area contributed by atoms with Crippen molar-refractivity contribution < 1.29 is 0 Å². The number of hydrogen-bond donors (Lipinski definition) is 1. The van der Waals surface area contributed by atoms with Crippen LogP contribution >= 0.6 is 0 Å². The van der Waals surface area contributed by atoms with E-state index < -0.39 is 0 Å². The first-order chi connectivity index (χ1) is 8.90. The van der Waals surface area contributed by atoms with Crippen molar-refractivity contribution in [1.29, 1.82) is 0 Å². The molecule has 3 rings (SSSR count). The van der Waals surface area contributed by atoms with Crippen LogP contribution in [0.3, 0.4) is 0 Å². The molecule has 0 bridgehead atoms. The molecule has 2 saturated heterocycles. The van der Waals surface area contributed by atoms with Crippen LogP contribution < -0.4 is 5.32 Å². The largest absolute Gasteiger partial charge is 0.317 e. The van der Waals surface area contributed by atoms with Crippen LogP contribution in [0.1, 0.15) is 44.5 Å². The Morgan fingerprint density at radius 3 is 2.94 bits per heavy atom. The topological polar surface area (TPSA) is 46.0 Å². The van der Waals surface area contributed by atoms with Crippen LogP contribution in [0.5, 0.6) is 0 Å². The van der Waals surface area contributed by atoms with Crippen molar-refractivity contribution in [2.45, 2.75) is 51.2 Å². The molecule has 0 amide bonds. The van der Waals surface area contributed by atoms with E-state index in [1.54, 1.807) is 0 Å². The van der Waals surface area contributed by atoms with E-state index in [1.165, 1.54) is 38.1 Å². The van der Waals surface area contributed by atoms with Crippen LogP contribution in [-0.4, -0.2) is 45.3 Å². The molecule has 2 aliphatic rings. The maximum Gasteiger partial charge on any atom is 0.150 e. The van der Waals surface area contributed by atoms with Crippen LogP contribution in [0.15, 0.2) is 6.33 Å². The van der Waals surface area contributed by atoms with E-state index in [4.69, 9.17) is 0 Å². The first kappa shape index (κ1) is 12.1. The van der Waals surface area contributed by atoms with E-state index in [2.05, 4.69) is 31.9 Å². The molecule has 2 fully saturated rings. The van der Waals surface area contributed by atoms with E-state index in [-0.39, 0.29) is 0 Å². The molecule has 100 valence electrons. The molecule has 1 aromatic heterocycles. The predicted molar refractivity (Wildman–Crippen MR) is 70.3 cm³/mol. The Labute approximate surface area is 109 Å². The lowest BCUT2D eigenvalue weighted by atomic mass is 10.0. The van der Waals surface area contributed by atoms with Gasteiger partial charge in [-0.05, 0) is 52.2 Å². The minimum absolute atomic E-state index is 0.496. The summed E-state index contributed by atoms with van der Waals surface area (Å²) < 4.78 is 2.20. The van der Waals surface area contributed by atoms with Gasteiger partial charge in [-0.15, -0.1) is 10.2 Å². The van der Waals surface area contributed by atoms with Gasteiger partial charge in [-0.1, -0.05) is 0 Å². The lowest BCUT2D eigenvalue weighted by Crippen LogP contribution is -2.43. The Morgan fingerprint density at radius 1 is 1.33 bits per heavy atom. The van der Waals surface area contributed by atoms with Gasteiger partial charge in [0.25, 0.3) is 0 Å². The van der Waals surface area contributed by atoms with Crippen LogP contribution in [0, 0.1) is 0 Å². The van der Waals surface area contributed by atoms with E-state index in [1.807, 2.05) is 6.33 Å². The predicted octanol–water partition coefficient (Wildman–Crippen LogP) is 1.19. The van der Waals surface area contributed by atoms with Gasteiger partial charge >= 0.3 is 0 Å². The van der Waals surface area contributed by atoms with Gasteiger partial charge in [0, 0.05) is 12.6 Å². The number of piperidine rings is 1. The normalized spacial score (nSPS) is 26.8. The van der Waals surface area contributed by atoms with E-state index >= 15 is 0 Å². The van der Waals surface area contributed by atoms with Gasteiger partial charge < -0.3 is 9.88 Å². The highest BCUT2D eigenvalue weighted by Crippen LogP contribution is 2.34. The number of rotatable bonds is 3. The molecule has 0 aromatic carbocycles. The third-order valence-electron chi connectivity index (χ3n) is 4.36. The number of hydrogen-bond acceptors (Lipinski definition) is 4. The molecule has 3 heterocycles. The molecule has 2 aliphatic heterocycles. The quantitative estimate of drug-likeness (QED) is 0.874. The first-order valence-electron chi connectivity index (χ1n) is 7.24. The third kappa shape index (κ3) is 2.17. The standard InChI is InChI=1S/C13H23N5/c1-2-17-10-15-16-13(17)12-4-3-9-18(12)11-5-7-14-8-6-11/h10-12,14H,2-9H2,1H3. The zero-order valence-corrected chi connectivity index (χ0v) is 11.2. The van der Waals surface area contributed by atoms with Gasteiger partial charge in [0.05, 0.1) is 6.04 Å². The lowest BCUT2D eigenvalue weighted by molar-refractivity contribution is 0.141. The van der Waals surface area contributed by atoms with Crippen molar-refractivity contribution in [2.24, 2.45) is 0 Å². The monoisotopic (exact) mass is 249 g/mol. The second-order valence-electron chi connectivity index (χ2n) is 5.35. The van der Waals surface area contributed by atoms with Crippen molar-refractivity contribution in [3.63, 3.8) is 0 Å². The summed E-state index contributed by atoms with van der Waals surface area (Å²) >= 11 is 0. The van der Waals surface area contributed by atoms with Crippen molar-refractivity contribution in [3.8, 4) is 0 Å². The maximum atomic E-state index is 4.37. The van der Waals surface area contributed by atoms with Crippen LogP contribution in [0.2, 0.25) is 0 Å². The maximum absolute atomic E-state index is 4.37. The summed E-state index contributed by atoms with van der Waals surface area (Å²) in [6.45, 7) is 6.68. The minimum atomic E-state index is 0.496. The van der Waals surface area contributed by atoms with Crippen molar-refractivity contribution in [1.82, 2.24) is 25.0 Å². The Balaban J connectivity index is 1.78. The molecule has 1 unspecified atom stereocenters. The van der Waals surface area contributed by atoms with Gasteiger partial charge in [0.2, 0.25) is 0 Å². The van der Waals surface area contributed by atoms with Crippen molar-refractivity contribution >= 4 is 0 Å². The molecule has 0 aliphatic carbocycles. The van der Waals surface area contributed by atoms with Gasteiger partial charge in [0.1, 0.15) is 12.2 Å². The highest BCUT2D eigenvalue weighted by atomic mass is 15.3. The fraction of sp³-hybridized carbons (Fsp3) is 0.846. The summed E-state index contributed by atoms with van der Waals surface area (Å²) in [6, 6.07) is 1.23. The molecule has 1 aromatic rings. The van der Waals surface area contributed by atoms with E-state index in [0.717, 1.165) is 25.7 Å². The Morgan fingerprint density at radius 2 is 2.17 bits per heavy atom. The molecule has 0 radical (unpaired) electrons. The molecule has 1 N–H and O–H groups in total. The summed E-state index contributed by atoms with van der Waals surface area (Å²) in [4.78, 5) is 2.68. The molecule has 0 saturated carbocycles. The second-order valence-corrected chi connectivity index (χ2v) is 5.35. The number of nitrogens with one attached hydrogen (secondary N) is 1. The summed E-state index contributed by atoms with van der Waals surface area (Å²) in [6.07, 6.45) is 6.95. The van der Waals surface area contributed by atoms with Crippen molar-refractivity contribution in [2.75, 3.05) is 19.6 Å². The fourth-order valence-corrected chi connectivity index (χ4v) is 3.41. The number of aryl methyl sites for hydroxylation is 1. The molecule has 0 spiro atoms. The average Bonchev–Trinajstić information content (AvgIpc) is 3.07. The summed E-state index contributed by atoms with van der Waals surface area (Å²) in [7, 11) is 0. The molecular weight excluding hydrogens is 226 g/mol. The smallest absolute Gasteiger partial charge is 0.150 e. The lowest BCUT2D eigenvalue weighted by Gasteiger charge is -2.35. The molecule has 5 heteroatoms. The minimum Gasteiger partial charge on any atom is -0.317 e. The highest BCUT2D eigenvalue weighted by Gasteiger charge is 2.34. The first-order valence-corrected chi connectivity index (χ1v) is 7.24. The highest BCUT2D eigenvalue weighted by molar-refractivity contribution is 5.01. The Bertz CT molecular complexity index is 382. The second kappa shape index (κ2) is 5.36. The fourth-order valence-electron chi connectivity index (χ4n) is 3.41. The van der Waals surface area contributed by atoms with Crippen LogP contribution in [0.25, 0.3) is 0 Å². The molecular formula is C13H23N5. The van der Waals surface area contributed by atoms with Gasteiger partial charge in [0.15, 0.2) is 0 Å². The Hall–Kier alpha value is -0.940. The number of likely N-dealkylation sites (tertiary alicyclic amines) is 1. The number of aromatic nitrogens is 3. The molecule has 5 nitrogen and oxygen atoms in total. The summed E-state index contributed by atoms with van der Waals surface area (Å²) in [5.74, 6) is 1.17. The zero-order valence-electron chi connectivity index (χ0n) is 11.2. The van der Waals surface area contributed by atoms with Gasteiger partial charge in [-0.2, -0.15) is 0 Å². The van der Waals surface area contributed by atoms with Crippen LogP contribution in [0.4, 0.5) is 0 Å². The SMILES string of the molecule is CCn1cnnc1C1CCCN1C1CCNCC1. The summed E-state index contributed by atoms with van der Waals surface area (Å²) in [5.41, 5.74) is 0. The van der Waals surface area contributed by atoms with Gasteiger partial charge in [-0.3, -0.25) is 4.90 Å².